The van der Waals surface area contributed by atoms with Crippen LogP contribution in [0, 0.1) is 5.92 Å². The number of benzene rings is 2. The molecule has 1 aliphatic heterocycles. The van der Waals surface area contributed by atoms with Crippen LogP contribution in [0.15, 0.2) is 48.5 Å². The monoisotopic (exact) mass is 471 g/mol. The summed E-state index contributed by atoms with van der Waals surface area (Å²) in [5.74, 6) is 1.38. The van der Waals surface area contributed by atoms with Crippen molar-refractivity contribution in [1.82, 2.24) is 15.2 Å². The third-order valence-electron chi connectivity index (χ3n) is 7.45. The summed E-state index contributed by atoms with van der Waals surface area (Å²) in [5.41, 5.74) is 4.78. The summed E-state index contributed by atoms with van der Waals surface area (Å²) < 4.78 is 5.39. The molecule has 1 atom stereocenters. The Labute approximate surface area is 206 Å². The highest BCUT2D eigenvalue weighted by atomic mass is 16.5. The molecule has 5 rings (SSSR count). The molecule has 182 valence electrons. The van der Waals surface area contributed by atoms with Crippen LogP contribution in [0.25, 0.3) is 10.9 Å². The van der Waals surface area contributed by atoms with Gasteiger partial charge in [-0.2, -0.15) is 0 Å². The van der Waals surface area contributed by atoms with Crippen molar-refractivity contribution in [3.8, 4) is 5.75 Å². The van der Waals surface area contributed by atoms with E-state index in [0.29, 0.717) is 25.4 Å². The van der Waals surface area contributed by atoms with Crippen molar-refractivity contribution >= 4 is 22.7 Å². The first-order valence-electron chi connectivity index (χ1n) is 12.6. The number of para-hydroxylation sites is 2. The number of likely N-dealkylation sites (tertiary alicyclic amines) is 1. The van der Waals surface area contributed by atoms with Gasteiger partial charge >= 0.3 is 0 Å². The van der Waals surface area contributed by atoms with Crippen molar-refractivity contribution in [1.29, 1.82) is 0 Å². The standard InChI is InChI=1S/C29H33N3O3/c1-19-11-12-25-23(17-19)28(22-8-4-5-9-24(22)31-25)29(34)30-21-13-15-32(16-14-21)27(33)18-20-7-3-6-10-26(20)35-2/h3-10,19,21H,11-18H2,1-2H3,(H,30,34). The number of carbonyl (C=O) groups is 2. The minimum Gasteiger partial charge on any atom is -0.496 e. The van der Waals surface area contributed by atoms with Crippen LogP contribution < -0.4 is 10.1 Å². The molecule has 2 heterocycles. The number of piperidine rings is 1. The molecule has 1 aliphatic carbocycles. The fourth-order valence-corrected chi connectivity index (χ4v) is 5.48. The summed E-state index contributed by atoms with van der Waals surface area (Å²) in [6.07, 6.45) is 4.77. The number of ether oxygens (including phenoxy) is 1. The number of carbonyl (C=O) groups excluding carboxylic acids is 2. The molecule has 0 spiro atoms. The molecule has 0 saturated carbocycles. The van der Waals surface area contributed by atoms with Crippen LogP contribution in [-0.2, 0) is 24.1 Å². The number of pyridine rings is 1. The van der Waals surface area contributed by atoms with Gasteiger partial charge in [-0.1, -0.05) is 43.3 Å². The summed E-state index contributed by atoms with van der Waals surface area (Å²) in [6.45, 7) is 3.54. The predicted molar refractivity (Wildman–Crippen MR) is 137 cm³/mol. The van der Waals surface area contributed by atoms with Gasteiger partial charge in [-0.05, 0) is 55.7 Å². The van der Waals surface area contributed by atoms with Crippen molar-refractivity contribution in [3.05, 3.63) is 70.9 Å². The first-order chi connectivity index (χ1) is 17.0. The van der Waals surface area contributed by atoms with Gasteiger partial charge in [-0.15, -0.1) is 0 Å². The van der Waals surface area contributed by atoms with E-state index in [9.17, 15) is 9.59 Å². The number of nitrogens with zero attached hydrogens (tertiary/aromatic N) is 2. The third-order valence-corrected chi connectivity index (χ3v) is 7.45. The Hall–Kier alpha value is -3.41. The summed E-state index contributed by atoms with van der Waals surface area (Å²) in [6, 6.07) is 15.7. The van der Waals surface area contributed by atoms with Crippen molar-refractivity contribution in [2.24, 2.45) is 5.92 Å². The quantitative estimate of drug-likeness (QED) is 0.601. The third kappa shape index (κ3) is 4.88. The minimum absolute atomic E-state index is 0.00671. The van der Waals surface area contributed by atoms with Gasteiger partial charge in [0.05, 0.1) is 24.6 Å². The molecule has 2 aromatic carbocycles. The van der Waals surface area contributed by atoms with Crippen molar-refractivity contribution in [2.75, 3.05) is 20.2 Å². The number of fused-ring (bicyclic) bond motifs is 2. The lowest BCUT2D eigenvalue weighted by Crippen LogP contribution is -2.47. The topological polar surface area (TPSA) is 71.5 Å². The average Bonchev–Trinajstić information content (AvgIpc) is 2.88. The molecule has 1 saturated heterocycles. The molecule has 0 radical (unpaired) electrons. The number of hydrogen-bond donors (Lipinski definition) is 1. The summed E-state index contributed by atoms with van der Waals surface area (Å²) >= 11 is 0. The molecule has 0 bridgehead atoms. The summed E-state index contributed by atoms with van der Waals surface area (Å²) in [5, 5.41) is 4.23. The van der Waals surface area contributed by atoms with Crippen molar-refractivity contribution in [3.63, 3.8) is 0 Å². The maximum atomic E-state index is 13.6. The molecular weight excluding hydrogens is 438 g/mol. The van der Waals surface area contributed by atoms with Gasteiger partial charge in [0, 0.05) is 35.8 Å². The maximum Gasteiger partial charge on any atom is 0.252 e. The van der Waals surface area contributed by atoms with E-state index < -0.39 is 0 Å². The Morgan fingerprint density at radius 1 is 1.06 bits per heavy atom. The molecule has 2 aliphatic rings. The Bertz CT molecular complexity index is 1250. The van der Waals surface area contributed by atoms with Gasteiger partial charge in [0.15, 0.2) is 0 Å². The SMILES string of the molecule is COc1ccccc1CC(=O)N1CCC(NC(=O)c2c3c(nc4ccccc24)CCC(C)C3)CC1. The van der Waals surface area contributed by atoms with Gasteiger partial charge in [-0.25, -0.2) is 0 Å². The van der Waals surface area contributed by atoms with Crippen molar-refractivity contribution < 1.29 is 14.3 Å². The number of methoxy groups -OCH3 is 1. The molecule has 1 N–H and O–H groups in total. The van der Waals surface area contributed by atoms with E-state index in [2.05, 4.69) is 12.2 Å². The molecule has 3 aromatic rings. The van der Waals surface area contributed by atoms with E-state index in [1.807, 2.05) is 53.4 Å². The van der Waals surface area contributed by atoms with Crippen LogP contribution in [0.5, 0.6) is 5.75 Å². The fourth-order valence-electron chi connectivity index (χ4n) is 5.48. The molecule has 6 heteroatoms. The second kappa shape index (κ2) is 10.1. The first kappa shape index (κ1) is 23.3. The zero-order chi connectivity index (χ0) is 24.4. The van der Waals surface area contributed by atoms with E-state index in [0.717, 1.165) is 71.1 Å². The molecule has 2 amide bonds. The van der Waals surface area contributed by atoms with Gasteiger partial charge in [0.2, 0.25) is 5.91 Å². The second-order valence-electron chi connectivity index (χ2n) is 9.89. The Kier molecular flexibility index (Phi) is 6.71. The van der Waals surface area contributed by atoms with E-state index in [1.54, 1.807) is 7.11 Å². The van der Waals surface area contributed by atoms with Crippen LogP contribution >= 0.6 is 0 Å². The molecule has 6 nitrogen and oxygen atoms in total. The minimum atomic E-state index is -0.00671. The zero-order valence-corrected chi connectivity index (χ0v) is 20.5. The van der Waals surface area contributed by atoms with Crippen LogP contribution in [-0.4, -0.2) is 47.9 Å². The molecular formula is C29H33N3O3. The normalized spacial score (nSPS) is 18.2. The van der Waals surface area contributed by atoms with E-state index in [4.69, 9.17) is 9.72 Å². The number of hydrogen-bond acceptors (Lipinski definition) is 4. The Morgan fingerprint density at radius 2 is 1.80 bits per heavy atom. The lowest BCUT2D eigenvalue weighted by Gasteiger charge is -2.33. The number of aromatic nitrogens is 1. The Morgan fingerprint density at radius 3 is 2.60 bits per heavy atom. The van der Waals surface area contributed by atoms with Crippen LogP contribution in [0.4, 0.5) is 0 Å². The lowest BCUT2D eigenvalue weighted by molar-refractivity contribution is -0.131. The number of amides is 2. The highest BCUT2D eigenvalue weighted by Crippen LogP contribution is 2.32. The lowest BCUT2D eigenvalue weighted by atomic mass is 9.83. The largest absolute Gasteiger partial charge is 0.496 e. The zero-order valence-electron chi connectivity index (χ0n) is 20.5. The van der Waals surface area contributed by atoms with Gasteiger partial charge in [0.1, 0.15) is 5.75 Å². The fraction of sp³-hybridized carbons (Fsp3) is 0.414. The van der Waals surface area contributed by atoms with Gasteiger partial charge in [-0.3, -0.25) is 14.6 Å². The van der Waals surface area contributed by atoms with Crippen molar-refractivity contribution in [2.45, 2.75) is 51.5 Å². The van der Waals surface area contributed by atoms with E-state index >= 15 is 0 Å². The average molecular weight is 472 g/mol. The van der Waals surface area contributed by atoms with Crippen LogP contribution in [0.3, 0.4) is 0 Å². The second-order valence-corrected chi connectivity index (χ2v) is 9.89. The number of aryl methyl sites for hydroxylation is 1. The molecule has 1 aromatic heterocycles. The van der Waals surface area contributed by atoms with Gasteiger partial charge < -0.3 is 15.0 Å². The molecule has 1 fully saturated rings. The number of rotatable bonds is 5. The van der Waals surface area contributed by atoms with Gasteiger partial charge in [0.25, 0.3) is 5.91 Å². The highest BCUT2D eigenvalue weighted by molar-refractivity contribution is 6.07. The smallest absolute Gasteiger partial charge is 0.252 e. The van der Waals surface area contributed by atoms with Crippen LogP contribution in [0.1, 0.15) is 53.4 Å². The Balaban J connectivity index is 1.27. The van der Waals surface area contributed by atoms with E-state index in [-0.39, 0.29) is 17.9 Å². The summed E-state index contributed by atoms with van der Waals surface area (Å²) in [4.78, 5) is 33.3. The van der Waals surface area contributed by atoms with E-state index in [1.165, 1.54) is 0 Å². The van der Waals surface area contributed by atoms with Crippen LogP contribution in [0.2, 0.25) is 0 Å². The number of nitrogens with one attached hydrogen (secondary N) is 1. The molecule has 35 heavy (non-hydrogen) atoms. The molecule has 1 unspecified atom stereocenters. The summed E-state index contributed by atoms with van der Waals surface area (Å²) in [7, 11) is 1.63. The first-order valence-corrected chi connectivity index (χ1v) is 12.6. The maximum absolute atomic E-state index is 13.6. The highest BCUT2D eigenvalue weighted by Gasteiger charge is 2.28. The predicted octanol–water partition coefficient (Wildman–Crippen LogP) is 4.33.